The van der Waals surface area contributed by atoms with Crippen LogP contribution in [0.15, 0.2) is 0 Å². The molecule has 2 aliphatic rings. The number of quaternary nitrogens is 2. The first-order valence-electron chi connectivity index (χ1n) is 6.09. The van der Waals surface area contributed by atoms with Gasteiger partial charge in [-0.05, 0) is 6.42 Å². The van der Waals surface area contributed by atoms with Crippen molar-refractivity contribution in [3.05, 3.63) is 10.1 Å². The largest absolute Gasteiger partial charge is 0.328 e. The summed E-state index contributed by atoms with van der Waals surface area (Å²) >= 11 is 0. The van der Waals surface area contributed by atoms with E-state index in [1.165, 1.54) is 13.1 Å². The minimum Gasteiger partial charge on any atom is -0.328 e. The lowest BCUT2D eigenvalue weighted by molar-refractivity contribution is -1.00. The molecule has 0 aromatic carbocycles. The summed E-state index contributed by atoms with van der Waals surface area (Å²) in [6, 6.07) is 0. The smallest absolute Gasteiger partial charge is 0.315 e. The van der Waals surface area contributed by atoms with Crippen LogP contribution in [-0.2, 0) is 4.74 Å². The molecule has 0 aliphatic carbocycles. The van der Waals surface area contributed by atoms with Crippen LogP contribution in [0.2, 0.25) is 0 Å². The van der Waals surface area contributed by atoms with Gasteiger partial charge in [-0.3, -0.25) is 10.1 Å². The summed E-state index contributed by atoms with van der Waals surface area (Å²) in [7, 11) is 2.21. The lowest BCUT2D eigenvalue weighted by Gasteiger charge is -2.28. The molecule has 0 saturated carbocycles. The molecular weight excluding hydrogens is 210 g/mol. The van der Waals surface area contributed by atoms with Gasteiger partial charge in [0.05, 0.1) is 12.0 Å². The van der Waals surface area contributed by atoms with E-state index >= 15 is 0 Å². The predicted octanol–water partition coefficient (Wildman–Crippen LogP) is -2.82. The lowest BCUT2D eigenvalue weighted by atomic mass is 10.2. The Morgan fingerprint density at radius 1 is 1.31 bits per heavy atom. The number of rotatable bonds is 3. The molecule has 2 heterocycles. The Bertz CT molecular complexity index is 254. The fourth-order valence-corrected chi connectivity index (χ4v) is 2.55. The van der Waals surface area contributed by atoms with E-state index in [0.717, 1.165) is 26.1 Å². The quantitative estimate of drug-likeness (QED) is 0.407. The monoisotopic (exact) mass is 231 g/mol. The van der Waals surface area contributed by atoms with Crippen molar-refractivity contribution in [2.75, 3.05) is 39.8 Å². The van der Waals surface area contributed by atoms with E-state index in [1.807, 2.05) is 0 Å². The van der Waals surface area contributed by atoms with E-state index in [0.29, 0.717) is 6.42 Å². The molecule has 16 heavy (non-hydrogen) atoms. The fraction of sp³-hybridized carbons (Fsp3) is 1.00. The van der Waals surface area contributed by atoms with Crippen molar-refractivity contribution in [3.8, 4) is 0 Å². The molecule has 2 atom stereocenters. The summed E-state index contributed by atoms with van der Waals surface area (Å²) in [6.45, 7) is 5.66. The number of nitrogens with one attached hydrogen (secondary N) is 2. The van der Waals surface area contributed by atoms with Crippen LogP contribution in [0, 0.1) is 10.1 Å². The van der Waals surface area contributed by atoms with Crippen LogP contribution in [0.25, 0.3) is 0 Å². The molecule has 92 valence electrons. The highest BCUT2D eigenvalue weighted by molar-refractivity contribution is 4.66. The maximum Gasteiger partial charge on any atom is 0.315 e. The summed E-state index contributed by atoms with van der Waals surface area (Å²) in [5.74, 6) is 0. The molecule has 2 rings (SSSR count). The minimum absolute atomic E-state index is 0.101. The second kappa shape index (κ2) is 5.07. The van der Waals surface area contributed by atoms with Crippen molar-refractivity contribution in [2.24, 2.45) is 0 Å². The highest BCUT2D eigenvalue weighted by Crippen LogP contribution is 2.18. The number of nitro groups is 1. The minimum atomic E-state index is -0.748. The highest BCUT2D eigenvalue weighted by Gasteiger charge is 2.36. The van der Waals surface area contributed by atoms with Crippen molar-refractivity contribution in [2.45, 2.75) is 25.2 Å². The second-order valence-corrected chi connectivity index (χ2v) is 4.99. The van der Waals surface area contributed by atoms with Gasteiger partial charge in [0.1, 0.15) is 38.8 Å². The molecule has 6 heteroatoms. The molecule has 0 radical (unpaired) electrons. The lowest BCUT2D eigenvalue weighted by Crippen LogP contribution is -3.27. The first-order chi connectivity index (χ1) is 7.65. The predicted molar refractivity (Wildman–Crippen MR) is 57.1 cm³/mol. The number of ether oxygens (including phenoxy) is 1. The van der Waals surface area contributed by atoms with Crippen LogP contribution in [-0.4, -0.2) is 57.0 Å². The van der Waals surface area contributed by atoms with E-state index < -0.39 is 6.23 Å². The van der Waals surface area contributed by atoms with Crippen LogP contribution in [0.3, 0.4) is 0 Å². The molecule has 2 fully saturated rings. The molecule has 0 amide bonds. The van der Waals surface area contributed by atoms with Gasteiger partial charge >= 0.3 is 6.23 Å². The van der Waals surface area contributed by atoms with E-state index in [2.05, 4.69) is 7.05 Å². The van der Waals surface area contributed by atoms with Crippen molar-refractivity contribution < 1.29 is 19.5 Å². The van der Waals surface area contributed by atoms with Crippen LogP contribution in [0.5, 0.6) is 0 Å². The van der Waals surface area contributed by atoms with E-state index in [4.69, 9.17) is 4.74 Å². The van der Waals surface area contributed by atoms with Gasteiger partial charge in [-0.1, -0.05) is 0 Å². The third kappa shape index (κ3) is 2.90. The summed E-state index contributed by atoms with van der Waals surface area (Å²) in [5, 5.41) is 10.6. The van der Waals surface area contributed by atoms with Crippen molar-refractivity contribution in [1.82, 2.24) is 0 Å². The van der Waals surface area contributed by atoms with Gasteiger partial charge in [-0.15, -0.1) is 0 Å². The number of nitrogens with zero attached hydrogens (tertiary/aromatic N) is 1. The zero-order valence-corrected chi connectivity index (χ0v) is 9.78. The second-order valence-electron chi connectivity index (χ2n) is 4.99. The third-order valence-electron chi connectivity index (χ3n) is 3.65. The first kappa shape index (κ1) is 11.8. The molecule has 6 nitrogen and oxygen atoms in total. The van der Waals surface area contributed by atoms with Gasteiger partial charge in [-0.2, -0.15) is 0 Å². The molecule has 2 aliphatic heterocycles. The number of hydrogen-bond donors (Lipinski definition) is 2. The van der Waals surface area contributed by atoms with Gasteiger partial charge in [0.25, 0.3) is 0 Å². The fourth-order valence-electron chi connectivity index (χ4n) is 2.55. The molecule has 2 N–H and O–H groups in total. The third-order valence-corrected chi connectivity index (χ3v) is 3.65. The van der Waals surface area contributed by atoms with Gasteiger partial charge < -0.3 is 14.5 Å². The van der Waals surface area contributed by atoms with E-state index in [1.54, 1.807) is 9.80 Å². The molecule has 0 spiro atoms. The van der Waals surface area contributed by atoms with Crippen LogP contribution in [0.4, 0.5) is 0 Å². The number of hydrogen-bond acceptors (Lipinski definition) is 3. The van der Waals surface area contributed by atoms with Gasteiger partial charge in [0.15, 0.2) is 0 Å². The van der Waals surface area contributed by atoms with E-state index in [-0.39, 0.29) is 11.0 Å². The van der Waals surface area contributed by atoms with Crippen LogP contribution in [0.1, 0.15) is 12.8 Å². The van der Waals surface area contributed by atoms with Crippen molar-refractivity contribution >= 4 is 0 Å². The maximum absolute atomic E-state index is 10.6. The molecular formula is C10H21N3O3+2. The summed E-state index contributed by atoms with van der Waals surface area (Å²) in [4.78, 5) is 13.4. The van der Waals surface area contributed by atoms with E-state index in [9.17, 15) is 10.1 Å². The molecule has 0 bridgehead atoms. The Kier molecular flexibility index (Phi) is 3.73. The summed E-state index contributed by atoms with van der Waals surface area (Å²) in [6.07, 6.45) is 0.778. The average molecular weight is 231 g/mol. The molecule has 0 aromatic heterocycles. The topological polar surface area (TPSA) is 61.2 Å². The maximum atomic E-state index is 10.6. The van der Waals surface area contributed by atoms with Crippen molar-refractivity contribution in [3.63, 3.8) is 0 Å². The first-order valence-corrected chi connectivity index (χ1v) is 6.09. The molecule has 0 aromatic rings. The average Bonchev–Trinajstić information content (AvgIpc) is 2.70. The number of piperazine rings is 1. The molecule has 2 saturated heterocycles. The standard InChI is InChI=1S/C10H19N3O3/c1-11-4-6-12(7-5-11)8-9-2-3-10(16-9)13(14)15/h9-10H,2-8H2,1H3/p+2/t9-,10+/m1/s1. The zero-order chi connectivity index (χ0) is 11.5. The Balaban J connectivity index is 1.73. The summed E-state index contributed by atoms with van der Waals surface area (Å²) < 4.78 is 5.43. The normalized spacial score (nSPS) is 39.8. The summed E-state index contributed by atoms with van der Waals surface area (Å²) in [5.41, 5.74) is 0. The Labute approximate surface area is 95.3 Å². The molecule has 0 unspecified atom stereocenters. The van der Waals surface area contributed by atoms with Gasteiger partial charge in [-0.25, -0.2) is 0 Å². The van der Waals surface area contributed by atoms with Crippen molar-refractivity contribution in [1.29, 1.82) is 0 Å². The van der Waals surface area contributed by atoms with Gasteiger partial charge in [0.2, 0.25) is 0 Å². The SMILES string of the molecule is C[NH+]1CC[NH+](C[C@H]2CC[C@@H]([N+](=O)[O-])O2)CC1. The highest BCUT2D eigenvalue weighted by atomic mass is 16.7. The number of likely N-dealkylation sites (N-methyl/N-ethyl adjacent to an activating group) is 1. The van der Waals surface area contributed by atoms with Crippen LogP contribution < -0.4 is 9.80 Å². The Hall–Kier alpha value is -0.720. The van der Waals surface area contributed by atoms with Gasteiger partial charge in [0, 0.05) is 6.42 Å². The zero-order valence-electron chi connectivity index (χ0n) is 9.78. The van der Waals surface area contributed by atoms with Crippen LogP contribution >= 0.6 is 0 Å². The Morgan fingerprint density at radius 3 is 2.56 bits per heavy atom. The Morgan fingerprint density at radius 2 is 2.00 bits per heavy atom.